The van der Waals surface area contributed by atoms with Crippen molar-refractivity contribution in [3.8, 4) is 0 Å². The lowest BCUT2D eigenvalue weighted by molar-refractivity contribution is 0.0501. The number of para-hydroxylation sites is 2. The molecule has 0 spiro atoms. The molecule has 6 heteroatoms. The molecular formula is C21H28N4O2. The highest BCUT2D eigenvalue weighted by molar-refractivity contribution is 6.08. The number of benzene rings is 1. The van der Waals surface area contributed by atoms with Crippen LogP contribution in [0.4, 0.5) is 5.82 Å². The molecule has 0 bridgehead atoms. The lowest BCUT2D eigenvalue weighted by Gasteiger charge is -2.09. The van der Waals surface area contributed by atoms with Crippen molar-refractivity contribution in [3.63, 3.8) is 0 Å². The van der Waals surface area contributed by atoms with Crippen LogP contribution in [0.25, 0.3) is 22.2 Å². The van der Waals surface area contributed by atoms with Gasteiger partial charge in [0, 0.05) is 6.54 Å². The van der Waals surface area contributed by atoms with E-state index in [0.717, 1.165) is 36.7 Å². The molecule has 0 unspecified atom stereocenters. The van der Waals surface area contributed by atoms with Crippen molar-refractivity contribution in [1.29, 1.82) is 0 Å². The van der Waals surface area contributed by atoms with E-state index >= 15 is 0 Å². The Hall–Kier alpha value is -2.63. The van der Waals surface area contributed by atoms with Crippen LogP contribution < -0.4 is 5.73 Å². The first kappa shape index (κ1) is 19.1. The molecule has 2 N–H and O–H groups in total. The Morgan fingerprint density at radius 1 is 1.19 bits per heavy atom. The van der Waals surface area contributed by atoms with Crippen LogP contribution >= 0.6 is 0 Å². The van der Waals surface area contributed by atoms with E-state index in [9.17, 15) is 4.79 Å². The lowest BCUT2D eigenvalue weighted by Crippen LogP contribution is -2.11. The van der Waals surface area contributed by atoms with Gasteiger partial charge in [0.1, 0.15) is 16.9 Å². The molecule has 2 aromatic heterocycles. The Kier molecular flexibility index (Phi) is 5.94. The zero-order valence-electron chi connectivity index (χ0n) is 16.4. The van der Waals surface area contributed by atoms with Crippen molar-refractivity contribution in [2.75, 3.05) is 12.3 Å². The van der Waals surface area contributed by atoms with Crippen molar-refractivity contribution in [2.45, 2.75) is 53.0 Å². The molecule has 27 heavy (non-hydrogen) atoms. The molecule has 3 rings (SSSR count). The minimum atomic E-state index is -0.415. The average molecular weight is 368 g/mol. The van der Waals surface area contributed by atoms with E-state index in [1.807, 2.05) is 28.8 Å². The Balaban J connectivity index is 2.06. The zero-order valence-corrected chi connectivity index (χ0v) is 16.4. The van der Waals surface area contributed by atoms with E-state index in [1.54, 1.807) is 0 Å². The van der Waals surface area contributed by atoms with Crippen LogP contribution in [-0.2, 0) is 11.3 Å². The van der Waals surface area contributed by atoms with Gasteiger partial charge in [-0.1, -0.05) is 45.7 Å². The van der Waals surface area contributed by atoms with E-state index in [0.29, 0.717) is 41.6 Å². The van der Waals surface area contributed by atoms with Gasteiger partial charge in [-0.25, -0.2) is 14.8 Å². The van der Waals surface area contributed by atoms with Gasteiger partial charge in [0.2, 0.25) is 0 Å². The van der Waals surface area contributed by atoms with Crippen LogP contribution in [0.2, 0.25) is 0 Å². The third-order valence-corrected chi connectivity index (χ3v) is 4.71. The predicted octanol–water partition coefficient (Wildman–Crippen LogP) is 4.56. The van der Waals surface area contributed by atoms with Gasteiger partial charge in [0.05, 0.1) is 17.6 Å². The smallest absolute Gasteiger partial charge is 0.344 e. The Bertz CT molecular complexity index is 946. The summed E-state index contributed by atoms with van der Waals surface area (Å²) in [5.74, 6) is 0.489. The molecule has 0 fully saturated rings. The van der Waals surface area contributed by atoms with Gasteiger partial charge in [-0.15, -0.1) is 0 Å². The second kappa shape index (κ2) is 8.37. The molecular weight excluding hydrogens is 340 g/mol. The van der Waals surface area contributed by atoms with Gasteiger partial charge >= 0.3 is 5.97 Å². The largest absolute Gasteiger partial charge is 0.462 e. The van der Waals surface area contributed by atoms with Crippen molar-refractivity contribution in [3.05, 3.63) is 29.8 Å². The minimum Gasteiger partial charge on any atom is -0.462 e. The molecule has 1 aromatic carbocycles. The summed E-state index contributed by atoms with van der Waals surface area (Å²) in [6, 6.07) is 7.64. The average Bonchev–Trinajstić information content (AvgIpc) is 2.92. The summed E-state index contributed by atoms with van der Waals surface area (Å²) in [7, 11) is 0. The maximum absolute atomic E-state index is 12.7. The first-order valence-electron chi connectivity index (χ1n) is 9.74. The number of anilines is 1. The third kappa shape index (κ3) is 4.04. The maximum Gasteiger partial charge on any atom is 0.344 e. The van der Waals surface area contributed by atoms with E-state index < -0.39 is 5.97 Å². The SMILES string of the molecule is CCCCCOC(=O)c1c(N)n(CCC(C)C)c2nc3ccccc3nc12. The first-order chi connectivity index (χ1) is 13.0. The Morgan fingerprint density at radius 2 is 1.89 bits per heavy atom. The van der Waals surface area contributed by atoms with E-state index in [2.05, 4.69) is 25.8 Å². The summed E-state index contributed by atoms with van der Waals surface area (Å²) in [5, 5.41) is 0. The van der Waals surface area contributed by atoms with Crippen molar-refractivity contribution < 1.29 is 9.53 Å². The summed E-state index contributed by atoms with van der Waals surface area (Å²) in [6.07, 6.45) is 3.89. The zero-order chi connectivity index (χ0) is 19.4. The number of fused-ring (bicyclic) bond motifs is 2. The number of carbonyl (C=O) groups is 1. The number of esters is 1. The summed E-state index contributed by atoms with van der Waals surface area (Å²) in [5.41, 5.74) is 9.41. The molecule has 0 saturated heterocycles. The number of rotatable bonds is 8. The Morgan fingerprint density at radius 3 is 2.56 bits per heavy atom. The molecule has 0 atom stereocenters. The maximum atomic E-state index is 12.7. The predicted molar refractivity (Wildman–Crippen MR) is 109 cm³/mol. The molecule has 2 heterocycles. The second-order valence-electron chi connectivity index (χ2n) is 7.32. The summed E-state index contributed by atoms with van der Waals surface area (Å²) < 4.78 is 7.37. The number of unbranched alkanes of at least 4 members (excludes halogenated alkanes) is 2. The highest BCUT2D eigenvalue weighted by Crippen LogP contribution is 2.29. The normalized spacial score (nSPS) is 11.6. The van der Waals surface area contributed by atoms with Gasteiger partial charge in [-0.05, 0) is 30.9 Å². The number of nitrogens with zero attached hydrogens (tertiary/aromatic N) is 3. The second-order valence-corrected chi connectivity index (χ2v) is 7.32. The van der Waals surface area contributed by atoms with Gasteiger partial charge in [-0.2, -0.15) is 0 Å². The number of aromatic nitrogens is 3. The molecule has 0 amide bonds. The standard InChI is InChI=1S/C21H28N4O2/c1-4-5-8-13-27-21(26)17-18-20(25(19(17)22)12-11-14(2)3)24-16-10-7-6-9-15(16)23-18/h6-7,9-10,14H,4-5,8,11-13,22H2,1-3H3. The van der Waals surface area contributed by atoms with Crippen LogP contribution in [0.5, 0.6) is 0 Å². The number of ether oxygens (including phenoxy) is 1. The highest BCUT2D eigenvalue weighted by atomic mass is 16.5. The van der Waals surface area contributed by atoms with Crippen molar-refractivity contribution in [2.24, 2.45) is 5.92 Å². The summed E-state index contributed by atoms with van der Waals surface area (Å²) in [4.78, 5) is 22.2. The number of hydrogen-bond donors (Lipinski definition) is 1. The number of nitrogen functional groups attached to an aromatic ring is 1. The van der Waals surface area contributed by atoms with Crippen LogP contribution in [0.3, 0.4) is 0 Å². The quantitative estimate of drug-likeness (QED) is 0.465. The molecule has 6 nitrogen and oxygen atoms in total. The summed E-state index contributed by atoms with van der Waals surface area (Å²) >= 11 is 0. The van der Waals surface area contributed by atoms with E-state index in [1.165, 1.54) is 0 Å². The number of aryl methyl sites for hydroxylation is 1. The number of carbonyl (C=O) groups excluding carboxylic acids is 1. The molecule has 0 aliphatic rings. The topological polar surface area (TPSA) is 83.0 Å². The Labute approximate surface area is 159 Å². The van der Waals surface area contributed by atoms with Crippen LogP contribution in [0.1, 0.15) is 56.8 Å². The van der Waals surface area contributed by atoms with E-state index in [4.69, 9.17) is 15.5 Å². The van der Waals surface area contributed by atoms with Gasteiger partial charge in [0.15, 0.2) is 5.65 Å². The van der Waals surface area contributed by atoms with Gasteiger partial charge in [-0.3, -0.25) is 0 Å². The molecule has 0 aliphatic carbocycles. The number of hydrogen-bond acceptors (Lipinski definition) is 5. The van der Waals surface area contributed by atoms with Gasteiger partial charge in [0.25, 0.3) is 0 Å². The van der Waals surface area contributed by atoms with Crippen LogP contribution in [0.15, 0.2) is 24.3 Å². The fraction of sp³-hybridized carbons (Fsp3) is 0.476. The molecule has 144 valence electrons. The summed E-state index contributed by atoms with van der Waals surface area (Å²) in [6.45, 7) is 7.52. The molecule has 3 aromatic rings. The lowest BCUT2D eigenvalue weighted by atomic mass is 10.1. The van der Waals surface area contributed by atoms with Crippen LogP contribution in [0, 0.1) is 5.92 Å². The highest BCUT2D eigenvalue weighted by Gasteiger charge is 2.25. The minimum absolute atomic E-state index is 0.337. The fourth-order valence-electron chi connectivity index (χ4n) is 3.12. The van der Waals surface area contributed by atoms with Crippen molar-refractivity contribution >= 4 is 34.0 Å². The molecule has 0 aliphatic heterocycles. The molecule has 0 radical (unpaired) electrons. The van der Waals surface area contributed by atoms with E-state index in [-0.39, 0.29) is 0 Å². The van der Waals surface area contributed by atoms with Crippen molar-refractivity contribution in [1.82, 2.24) is 14.5 Å². The van der Waals surface area contributed by atoms with Gasteiger partial charge < -0.3 is 15.0 Å². The number of nitrogens with two attached hydrogens (primary N) is 1. The monoisotopic (exact) mass is 368 g/mol. The fourth-order valence-corrected chi connectivity index (χ4v) is 3.12. The third-order valence-electron chi connectivity index (χ3n) is 4.71. The first-order valence-corrected chi connectivity index (χ1v) is 9.74. The van der Waals surface area contributed by atoms with Crippen LogP contribution in [-0.4, -0.2) is 27.1 Å². The molecule has 0 saturated carbocycles.